The molecular formula is C26H36N2O3. The molecular weight excluding hydrogens is 388 g/mol. The van der Waals surface area contributed by atoms with Crippen molar-refractivity contribution in [1.29, 1.82) is 0 Å². The van der Waals surface area contributed by atoms with Crippen LogP contribution in [0.5, 0.6) is 11.5 Å². The Kier molecular flexibility index (Phi) is 7.03. The minimum atomic E-state index is -0.519. The summed E-state index contributed by atoms with van der Waals surface area (Å²) in [5.41, 5.74) is 3.17. The van der Waals surface area contributed by atoms with Gasteiger partial charge in [0, 0.05) is 12.0 Å². The Balaban J connectivity index is 1.50. The average Bonchev–Trinajstić information content (AvgIpc) is 2.79. The van der Waals surface area contributed by atoms with E-state index in [1.807, 2.05) is 23.3 Å². The zero-order chi connectivity index (χ0) is 21.8. The van der Waals surface area contributed by atoms with Gasteiger partial charge in [-0.2, -0.15) is 0 Å². The van der Waals surface area contributed by atoms with Crippen LogP contribution in [0.1, 0.15) is 57.3 Å². The summed E-state index contributed by atoms with van der Waals surface area (Å²) >= 11 is 0. The van der Waals surface area contributed by atoms with Gasteiger partial charge in [0.25, 0.3) is 0 Å². The number of aryl methyl sites for hydroxylation is 1. The molecule has 0 aliphatic carbocycles. The first-order chi connectivity index (χ1) is 15.0. The Morgan fingerprint density at radius 3 is 2.55 bits per heavy atom. The number of anilines is 1. The highest BCUT2D eigenvalue weighted by Crippen LogP contribution is 2.40. The molecule has 1 fully saturated rings. The first kappa shape index (κ1) is 22.0. The second kappa shape index (κ2) is 9.92. The second-order valence-electron chi connectivity index (χ2n) is 9.26. The molecule has 2 aromatic carbocycles. The van der Waals surface area contributed by atoms with E-state index >= 15 is 0 Å². The van der Waals surface area contributed by atoms with Crippen LogP contribution in [0.4, 0.5) is 5.69 Å². The van der Waals surface area contributed by atoms with Crippen molar-refractivity contribution >= 4 is 5.69 Å². The van der Waals surface area contributed by atoms with Crippen molar-refractivity contribution in [2.45, 2.75) is 58.7 Å². The lowest BCUT2D eigenvalue weighted by Crippen LogP contribution is -2.39. The van der Waals surface area contributed by atoms with Crippen LogP contribution >= 0.6 is 0 Å². The predicted octanol–water partition coefficient (Wildman–Crippen LogP) is 4.89. The summed E-state index contributed by atoms with van der Waals surface area (Å²) in [6.07, 6.45) is 3.45. The average molecular weight is 425 g/mol. The van der Waals surface area contributed by atoms with E-state index in [2.05, 4.69) is 50.4 Å². The molecule has 0 aromatic heterocycles. The number of fused-ring (bicyclic) bond motifs is 1. The molecule has 0 radical (unpaired) electrons. The fourth-order valence-electron chi connectivity index (χ4n) is 4.57. The number of hydrogen-bond donors (Lipinski definition) is 2. The van der Waals surface area contributed by atoms with Crippen LogP contribution in [0, 0.1) is 11.8 Å². The van der Waals surface area contributed by atoms with E-state index in [1.54, 1.807) is 0 Å². The van der Waals surface area contributed by atoms with Gasteiger partial charge in [-0.15, -0.1) is 0 Å². The summed E-state index contributed by atoms with van der Waals surface area (Å²) in [5, 5.41) is 16.2. The van der Waals surface area contributed by atoms with E-state index in [-0.39, 0.29) is 6.10 Å². The lowest BCUT2D eigenvalue weighted by Gasteiger charge is -2.36. The maximum absolute atomic E-state index is 10.9. The smallest absolute Gasteiger partial charge is 0.155 e. The maximum Gasteiger partial charge on any atom is 0.155 e. The van der Waals surface area contributed by atoms with Crippen LogP contribution in [-0.4, -0.2) is 30.8 Å². The van der Waals surface area contributed by atoms with Gasteiger partial charge in [0.15, 0.2) is 5.75 Å². The van der Waals surface area contributed by atoms with Gasteiger partial charge in [-0.25, -0.2) is 5.06 Å². The first-order valence-electron chi connectivity index (χ1n) is 11.8. The van der Waals surface area contributed by atoms with E-state index in [0.29, 0.717) is 18.3 Å². The molecule has 2 aromatic rings. The molecule has 2 aliphatic rings. The highest BCUT2D eigenvalue weighted by molar-refractivity contribution is 5.48. The van der Waals surface area contributed by atoms with Crippen LogP contribution in [0.25, 0.3) is 0 Å². The standard InChI is InChI=1S/C26H36N2O3/c1-4-19-5-7-21(8-6-19)28(17-18(2)3)31-22-9-10-25-23(15-22)24(29)16-26(30-25)20-11-13-27-14-12-20/h5-10,15,18,20,24,26-27,29H,4,11-14,16-17H2,1-3H3. The fourth-order valence-corrected chi connectivity index (χ4v) is 4.57. The van der Waals surface area contributed by atoms with Gasteiger partial charge in [0.1, 0.15) is 11.9 Å². The van der Waals surface area contributed by atoms with Crippen molar-refractivity contribution in [3.8, 4) is 11.5 Å². The molecule has 5 heteroatoms. The number of aliphatic hydroxyl groups excluding tert-OH is 1. The highest BCUT2D eigenvalue weighted by atomic mass is 16.7. The van der Waals surface area contributed by atoms with Gasteiger partial charge in [-0.05, 0) is 80.1 Å². The zero-order valence-electron chi connectivity index (χ0n) is 19.0. The van der Waals surface area contributed by atoms with Crippen LogP contribution in [-0.2, 0) is 6.42 Å². The van der Waals surface area contributed by atoms with Crippen molar-refractivity contribution in [3.05, 3.63) is 53.6 Å². The molecule has 4 rings (SSSR count). The number of piperidine rings is 1. The SMILES string of the molecule is CCc1ccc(N(CC(C)C)Oc2ccc3c(c2)C(O)CC(C2CCNCC2)O3)cc1. The van der Waals surface area contributed by atoms with E-state index in [0.717, 1.165) is 61.6 Å². The monoisotopic (exact) mass is 424 g/mol. The number of hydrogen-bond acceptors (Lipinski definition) is 5. The normalized spacial score (nSPS) is 21.5. The molecule has 168 valence electrons. The largest absolute Gasteiger partial charge is 0.490 e. The summed E-state index contributed by atoms with van der Waals surface area (Å²) in [4.78, 5) is 6.30. The van der Waals surface area contributed by atoms with Gasteiger partial charge in [0.05, 0.1) is 18.3 Å². The number of ether oxygens (including phenoxy) is 1. The molecule has 0 saturated carbocycles. The van der Waals surface area contributed by atoms with Crippen molar-refractivity contribution in [1.82, 2.24) is 5.32 Å². The van der Waals surface area contributed by atoms with Crippen molar-refractivity contribution < 1.29 is 14.7 Å². The summed E-state index contributed by atoms with van der Waals surface area (Å²) in [7, 11) is 0. The van der Waals surface area contributed by atoms with Gasteiger partial charge < -0.3 is 20.0 Å². The minimum absolute atomic E-state index is 0.0888. The number of nitrogens with zero attached hydrogens (tertiary/aromatic N) is 1. The number of benzene rings is 2. The van der Waals surface area contributed by atoms with E-state index in [1.165, 1.54) is 5.56 Å². The molecule has 2 N–H and O–H groups in total. The summed E-state index contributed by atoms with van der Waals surface area (Å²) in [5.74, 6) is 2.47. The summed E-state index contributed by atoms with van der Waals surface area (Å²) in [6.45, 7) is 9.37. The molecule has 2 aliphatic heterocycles. The quantitative estimate of drug-likeness (QED) is 0.620. The van der Waals surface area contributed by atoms with Gasteiger partial charge >= 0.3 is 0 Å². The Morgan fingerprint density at radius 1 is 1.13 bits per heavy atom. The lowest BCUT2D eigenvalue weighted by molar-refractivity contribution is 0.0251. The maximum atomic E-state index is 10.9. The van der Waals surface area contributed by atoms with Crippen molar-refractivity contribution in [2.24, 2.45) is 11.8 Å². The number of rotatable bonds is 7. The van der Waals surface area contributed by atoms with E-state index < -0.39 is 6.10 Å². The Morgan fingerprint density at radius 2 is 1.87 bits per heavy atom. The second-order valence-corrected chi connectivity index (χ2v) is 9.26. The topological polar surface area (TPSA) is 54.0 Å². The van der Waals surface area contributed by atoms with Gasteiger partial charge in [-0.3, -0.25) is 0 Å². The van der Waals surface area contributed by atoms with Crippen LogP contribution in [0.3, 0.4) is 0 Å². The molecule has 2 unspecified atom stereocenters. The van der Waals surface area contributed by atoms with Crippen LogP contribution < -0.4 is 20.0 Å². The van der Waals surface area contributed by atoms with Crippen LogP contribution in [0.2, 0.25) is 0 Å². The third-order valence-electron chi connectivity index (χ3n) is 6.36. The molecule has 2 atom stereocenters. The summed E-state index contributed by atoms with van der Waals surface area (Å²) < 4.78 is 6.32. The Labute approximate surface area is 186 Å². The minimum Gasteiger partial charge on any atom is -0.490 e. The highest BCUT2D eigenvalue weighted by Gasteiger charge is 2.33. The molecule has 0 amide bonds. The number of aliphatic hydroxyl groups is 1. The number of hydroxylamine groups is 1. The third kappa shape index (κ3) is 5.34. The lowest BCUT2D eigenvalue weighted by atomic mass is 9.86. The van der Waals surface area contributed by atoms with E-state index in [4.69, 9.17) is 9.57 Å². The number of nitrogens with one attached hydrogen (secondary N) is 1. The summed E-state index contributed by atoms with van der Waals surface area (Å²) in [6, 6.07) is 14.4. The van der Waals surface area contributed by atoms with Gasteiger partial charge in [-0.1, -0.05) is 32.9 Å². The molecule has 0 spiro atoms. The Bertz CT molecular complexity index is 846. The van der Waals surface area contributed by atoms with Crippen LogP contribution in [0.15, 0.2) is 42.5 Å². The van der Waals surface area contributed by atoms with E-state index in [9.17, 15) is 5.11 Å². The Hall–Kier alpha value is -2.24. The zero-order valence-corrected chi connectivity index (χ0v) is 19.0. The molecule has 31 heavy (non-hydrogen) atoms. The van der Waals surface area contributed by atoms with Gasteiger partial charge in [0.2, 0.25) is 0 Å². The molecule has 0 bridgehead atoms. The first-order valence-corrected chi connectivity index (χ1v) is 11.8. The predicted molar refractivity (Wildman–Crippen MR) is 125 cm³/mol. The van der Waals surface area contributed by atoms with Crippen molar-refractivity contribution in [2.75, 3.05) is 24.7 Å². The molecule has 1 saturated heterocycles. The molecule has 2 heterocycles. The molecule has 5 nitrogen and oxygen atoms in total. The fraction of sp³-hybridized carbons (Fsp3) is 0.538. The third-order valence-corrected chi connectivity index (χ3v) is 6.36. The van der Waals surface area contributed by atoms with Crippen molar-refractivity contribution in [3.63, 3.8) is 0 Å².